The third kappa shape index (κ3) is 19.3. The van der Waals surface area contributed by atoms with Crippen LogP contribution in [0.15, 0.2) is 71.2 Å². The number of halogens is 1. The van der Waals surface area contributed by atoms with Crippen molar-refractivity contribution in [2.24, 2.45) is 11.8 Å². The molecule has 2 aliphatic rings. The highest BCUT2D eigenvalue weighted by Crippen LogP contribution is 2.28. The Balaban J connectivity index is 1.52. The molecule has 0 spiro atoms. The predicted octanol–water partition coefficient (Wildman–Crippen LogP) is -0.695. The summed E-state index contributed by atoms with van der Waals surface area (Å²) in [4.78, 5) is 145. The van der Waals surface area contributed by atoms with Crippen LogP contribution in [-0.4, -0.2) is 197 Å². The lowest BCUT2D eigenvalue weighted by molar-refractivity contribution is -0.170. The van der Waals surface area contributed by atoms with Gasteiger partial charge in [0.15, 0.2) is 6.10 Å². The van der Waals surface area contributed by atoms with Crippen LogP contribution >= 0.6 is 15.9 Å². The fourth-order valence-electron chi connectivity index (χ4n) is 10.1. The van der Waals surface area contributed by atoms with E-state index in [2.05, 4.69) is 53.1 Å². The van der Waals surface area contributed by atoms with Crippen molar-refractivity contribution in [1.82, 2.24) is 47.0 Å². The molecule has 14 N–H and O–H groups in total. The van der Waals surface area contributed by atoms with E-state index >= 15 is 0 Å². The van der Waals surface area contributed by atoms with Crippen LogP contribution in [0.3, 0.4) is 0 Å². The number of aliphatic hydroxyl groups excluding tert-OH is 4. The Bertz CT molecular complexity index is 2970. The second-order valence-corrected chi connectivity index (χ2v) is 23.8. The minimum atomic E-state index is -1.92. The van der Waals surface area contributed by atoms with Gasteiger partial charge in [-0.1, -0.05) is 58.0 Å². The molecule has 13 atom stereocenters. The molecule has 2 fully saturated rings. The Morgan fingerprint density at radius 2 is 1.32 bits per heavy atom. The van der Waals surface area contributed by atoms with E-state index in [1.54, 1.807) is 52.0 Å². The first-order chi connectivity index (χ1) is 41.4. The summed E-state index contributed by atoms with van der Waals surface area (Å²) in [5.41, 5.74) is 1.76. The third-order valence-electron chi connectivity index (χ3n) is 15.3. The molecule has 3 aromatic rings. The topological polar surface area (TPSA) is 412 Å². The first kappa shape index (κ1) is 70.8. The lowest BCUT2D eigenvalue weighted by atomic mass is 9.96. The number of esters is 1. The van der Waals surface area contributed by atoms with E-state index < -0.39 is 156 Å². The number of aliphatic hydroxyl groups is 4. The zero-order valence-corrected chi connectivity index (χ0v) is 51.9. The van der Waals surface area contributed by atoms with E-state index in [0.29, 0.717) is 28.9 Å². The number of aromatic hydroxyl groups is 3. The fourth-order valence-corrected chi connectivity index (χ4v) is 10.5. The number of phenols is 3. The maximum atomic E-state index is 15.0. The summed E-state index contributed by atoms with van der Waals surface area (Å²) in [6.45, 7) is 8.96. The van der Waals surface area contributed by atoms with Crippen molar-refractivity contribution in [3.63, 3.8) is 0 Å². The number of benzene rings is 3. The summed E-state index contributed by atoms with van der Waals surface area (Å²) >= 11 is 3.25. The number of ether oxygens (including phenoxy) is 1. The van der Waals surface area contributed by atoms with E-state index in [9.17, 15) is 83.7 Å². The summed E-state index contributed by atoms with van der Waals surface area (Å²) in [6.07, 6.45) is -7.12. The molecule has 0 aliphatic carbocycles. The van der Waals surface area contributed by atoms with Crippen LogP contribution in [0, 0.1) is 11.8 Å². The second kappa shape index (κ2) is 32.3. The summed E-state index contributed by atoms with van der Waals surface area (Å²) in [7, 11) is 1.22. The van der Waals surface area contributed by atoms with Crippen LogP contribution in [0.1, 0.15) is 97.3 Å². The number of rotatable bonds is 21. The van der Waals surface area contributed by atoms with Crippen molar-refractivity contribution in [2.75, 3.05) is 13.7 Å². The highest BCUT2D eigenvalue weighted by atomic mass is 79.9. The summed E-state index contributed by atoms with van der Waals surface area (Å²) in [5.74, 6) is -11.9. The van der Waals surface area contributed by atoms with Gasteiger partial charge >= 0.3 is 5.97 Å². The number of fused-ring (bicyclic) bond motifs is 2. The third-order valence-corrected chi connectivity index (χ3v) is 16.0. The molecule has 88 heavy (non-hydrogen) atoms. The predicted molar refractivity (Wildman–Crippen MR) is 319 cm³/mol. The van der Waals surface area contributed by atoms with Gasteiger partial charge in [-0.2, -0.15) is 0 Å². The Labute approximate surface area is 517 Å². The van der Waals surface area contributed by atoms with Crippen molar-refractivity contribution < 1.29 is 88.4 Å². The molecule has 28 heteroatoms. The van der Waals surface area contributed by atoms with Gasteiger partial charge in [0.05, 0.1) is 17.2 Å². The van der Waals surface area contributed by atoms with Gasteiger partial charge in [-0.05, 0) is 147 Å². The molecule has 27 nitrogen and oxygen atoms in total. The molecule has 2 heterocycles. The summed E-state index contributed by atoms with van der Waals surface area (Å²) in [5, 5.41) is 89.9. The smallest absolute Gasteiger partial charge is 0.329 e. The van der Waals surface area contributed by atoms with Gasteiger partial charge in [0.2, 0.25) is 47.3 Å². The molecule has 0 unspecified atom stereocenters. The monoisotopic (exact) mass is 1300 g/mol. The molecule has 5 rings (SSSR count). The molecular formula is C60H82BrN9O18. The number of carbonyl (C=O) groups is 10. The van der Waals surface area contributed by atoms with Gasteiger partial charge in [0.1, 0.15) is 84.0 Å². The number of piperidine rings is 1. The Kier molecular flexibility index (Phi) is 26.0. The summed E-state index contributed by atoms with van der Waals surface area (Å²) in [6, 6.07) is 2.28. The number of carbonyl (C=O) groups excluding carboxylic acids is 10. The quantitative estimate of drug-likeness (QED) is 0.0587. The first-order valence-electron chi connectivity index (χ1n) is 29.0. The number of nitrogens with zero attached hydrogens (tertiary/aromatic N) is 2. The number of nitrogens with one attached hydrogen (secondary N) is 7. The molecule has 3 aromatic carbocycles. The van der Waals surface area contributed by atoms with Gasteiger partial charge < -0.3 is 87.5 Å². The number of aryl methyl sites for hydroxylation is 2. The van der Waals surface area contributed by atoms with Crippen LogP contribution < -0.4 is 37.2 Å². The zero-order chi connectivity index (χ0) is 65.4. The average molecular weight is 1300 g/mol. The minimum Gasteiger partial charge on any atom is -0.508 e. The number of hydrogen-bond donors (Lipinski definition) is 14. The van der Waals surface area contributed by atoms with Gasteiger partial charge in [0, 0.05) is 13.5 Å². The van der Waals surface area contributed by atoms with Gasteiger partial charge in [-0.25, -0.2) is 4.79 Å². The van der Waals surface area contributed by atoms with Gasteiger partial charge in [-0.15, -0.1) is 0 Å². The van der Waals surface area contributed by atoms with Crippen molar-refractivity contribution in [3.05, 3.63) is 87.9 Å². The van der Waals surface area contributed by atoms with Crippen LogP contribution in [-0.2, 0) is 71.9 Å². The molecule has 2 saturated heterocycles. The molecule has 2 aliphatic heterocycles. The fraction of sp³-hybridized carbons (Fsp3) is 0.533. The maximum Gasteiger partial charge on any atom is 0.329 e. The van der Waals surface area contributed by atoms with Gasteiger partial charge in [-0.3, -0.25) is 43.2 Å². The van der Waals surface area contributed by atoms with Crippen molar-refractivity contribution in [3.8, 4) is 17.2 Å². The largest absolute Gasteiger partial charge is 0.508 e. The van der Waals surface area contributed by atoms with Crippen molar-refractivity contribution >= 4 is 75.1 Å². The van der Waals surface area contributed by atoms with Crippen LogP contribution in [0.25, 0.3) is 0 Å². The van der Waals surface area contributed by atoms with Crippen molar-refractivity contribution in [1.29, 1.82) is 0 Å². The first-order valence-corrected chi connectivity index (χ1v) is 29.8. The number of phenolic OH excluding ortho intramolecular Hbond substituents is 3. The number of cyclic esters (lactones) is 1. The number of likely N-dealkylation sites (N-methyl/N-ethyl adjacent to an activating group) is 1. The lowest BCUT2D eigenvalue weighted by Crippen LogP contribution is -2.67. The molecule has 0 saturated carbocycles. The lowest BCUT2D eigenvalue weighted by Gasteiger charge is -2.43. The van der Waals surface area contributed by atoms with E-state index in [1.165, 1.54) is 70.3 Å². The Morgan fingerprint density at radius 1 is 0.716 bits per heavy atom. The van der Waals surface area contributed by atoms with Crippen LogP contribution in [0.5, 0.6) is 17.2 Å². The Hall–Kier alpha value is -7.92. The molecular weight excluding hydrogens is 1210 g/mol. The van der Waals surface area contributed by atoms with Crippen LogP contribution in [0.4, 0.5) is 0 Å². The molecule has 9 amide bonds. The van der Waals surface area contributed by atoms with E-state index in [4.69, 9.17) is 4.74 Å². The SMILES string of the molecule is CC(C)[C@H](NC(=O)[C@@H](C)NC(=O)[C@H](CCCc1ccc(O)cc1)NC(=O)[C@H](O)CO)C(=O)N[C@@H]1C(=O)N[C@@H](CCc2ccc(O)cc2)C(=O)N[C@H]2CC[C@@H](O)N(C2=O)[C@@H]([C@@H](C)O)C(=O)N(C)[C@@H](Cc2ccc(O)c(Br)c2)C(=O)N[C@@H](C(C)C)C(=O)O[C@@H]1C. The van der Waals surface area contributed by atoms with Crippen LogP contribution in [0.2, 0.25) is 0 Å². The zero-order valence-electron chi connectivity index (χ0n) is 50.3. The minimum absolute atomic E-state index is 0.0121. The van der Waals surface area contributed by atoms with Crippen molar-refractivity contribution in [2.45, 2.75) is 179 Å². The van der Waals surface area contributed by atoms with Gasteiger partial charge in [0.25, 0.3) is 5.91 Å². The highest BCUT2D eigenvalue weighted by Gasteiger charge is 2.47. The van der Waals surface area contributed by atoms with E-state index in [1.807, 2.05) is 0 Å². The second-order valence-electron chi connectivity index (χ2n) is 22.9. The highest BCUT2D eigenvalue weighted by molar-refractivity contribution is 9.10. The number of amides is 9. The molecule has 0 radical (unpaired) electrons. The molecule has 482 valence electrons. The Morgan fingerprint density at radius 3 is 1.89 bits per heavy atom. The van der Waals surface area contributed by atoms with E-state index in [0.717, 1.165) is 10.5 Å². The van der Waals surface area contributed by atoms with E-state index in [-0.39, 0.29) is 60.2 Å². The normalized spacial score (nSPS) is 23.4. The number of hydrogen-bond acceptors (Lipinski definition) is 18. The molecule has 0 aromatic heterocycles. The standard InChI is InChI=1S/C60H82BrN9O18/c1-29(2)47(66-51(78)31(5)62-52(79)40(63-55(82)45(76)28-71)11-9-10-34-12-18-37(73)19-13-34)56(83)68-49-33(7)88-60(87)48(30(3)4)67-54(81)43(27-36-17-24-44(75)39(61)26-36)69(8)59(86)50(32(6)72)70-46(77)25-23-42(58(70)85)65-53(80)41(64-57(49)84)22-16-35-14-20-38(74)21-15-35/h12-15,17-21,24,26,29-33,40-43,45-50,71-77H,9-11,16,22-23,25,27-28H2,1-8H3,(H,62,79)(H,63,82)(H,64,84)(H,65,80)(H,66,78)(H,67,81)(H,68,83)/t31-,32-,33-,40+,41+,42+,43+,45-,46-,47+,48+,49+,50+/m1/s1. The average Bonchev–Trinajstić information content (AvgIpc) is 1.83. The maximum absolute atomic E-state index is 15.0. The molecule has 2 bridgehead atoms. The summed E-state index contributed by atoms with van der Waals surface area (Å²) < 4.78 is 6.16.